The van der Waals surface area contributed by atoms with Crippen molar-refractivity contribution in [3.05, 3.63) is 29.6 Å². The van der Waals surface area contributed by atoms with Crippen molar-refractivity contribution in [1.29, 1.82) is 0 Å². The first-order valence-corrected chi connectivity index (χ1v) is 7.08. The van der Waals surface area contributed by atoms with Gasteiger partial charge in [-0.3, -0.25) is 4.98 Å². The van der Waals surface area contributed by atoms with Gasteiger partial charge in [-0.2, -0.15) is 0 Å². The van der Waals surface area contributed by atoms with E-state index in [1.54, 1.807) is 0 Å². The van der Waals surface area contributed by atoms with Crippen molar-refractivity contribution in [2.75, 3.05) is 26.2 Å². The molecule has 3 heteroatoms. The second-order valence-electron chi connectivity index (χ2n) is 5.51. The summed E-state index contributed by atoms with van der Waals surface area (Å²) in [6.07, 6.45) is 4.69. The summed E-state index contributed by atoms with van der Waals surface area (Å²) in [5.74, 6) is 0.924. The summed E-state index contributed by atoms with van der Waals surface area (Å²) in [6, 6.07) is 4.22. The maximum atomic E-state index is 4.31. The van der Waals surface area contributed by atoms with E-state index in [4.69, 9.17) is 0 Å². The van der Waals surface area contributed by atoms with Crippen LogP contribution >= 0.6 is 0 Å². The Bertz CT molecular complexity index is 339. The number of nitrogens with zero attached hydrogens (tertiary/aromatic N) is 2. The van der Waals surface area contributed by atoms with Gasteiger partial charge in [0.05, 0.1) is 0 Å². The van der Waals surface area contributed by atoms with E-state index in [1.807, 2.05) is 13.1 Å². The fourth-order valence-corrected chi connectivity index (χ4v) is 2.36. The second-order valence-corrected chi connectivity index (χ2v) is 5.51. The lowest BCUT2D eigenvalue weighted by Gasteiger charge is -2.30. The van der Waals surface area contributed by atoms with E-state index in [0.29, 0.717) is 0 Å². The lowest BCUT2D eigenvalue weighted by atomic mass is 9.99. The molecule has 0 radical (unpaired) electrons. The second kappa shape index (κ2) is 6.86. The molecule has 0 bridgehead atoms. The standard InChI is InChI=1S/C15H25N3/c1-13-5-8-18(9-6-13)10-7-16-11-15-4-3-14(2)17-12-15/h3-4,12-13,16H,5-11H2,1-2H3. The van der Waals surface area contributed by atoms with Crippen LogP contribution in [0.5, 0.6) is 0 Å². The van der Waals surface area contributed by atoms with E-state index < -0.39 is 0 Å². The summed E-state index contributed by atoms with van der Waals surface area (Å²) in [5, 5.41) is 3.50. The molecule has 0 spiro atoms. The van der Waals surface area contributed by atoms with Crippen LogP contribution in [0.3, 0.4) is 0 Å². The molecule has 2 rings (SSSR count). The van der Waals surface area contributed by atoms with Crippen LogP contribution in [-0.2, 0) is 6.54 Å². The summed E-state index contributed by atoms with van der Waals surface area (Å²) in [5.41, 5.74) is 2.36. The molecule has 1 aliphatic heterocycles. The predicted octanol–water partition coefficient (Wildman–Crippen LogP) is 2.21. The average Bonchev–Trinajstić information content (AvgIpc) is 2.39. The van der Waals surface area contributed by atoms with Gasteiger partial charge < -0.3 is 10.2 Å². The minimum Gasteiger partial charge on any atom is -0.311 e. The molecule has 1 aliphatic rings. The Hall–Kier alpha value is -0.930. The fourth-order valence-electron chi connectivity index (χ4n) is 2.36. The first-order chi connectivity index (χ1) is 8.74. The van der Waals surface area contributed by atoms with E-state index in [9.17, 15) is 0 Å². The van der Waals surface area contributed by atoms with E-state index in [0.717, 1.165) is 24.7 Å². The molecule has 0 unspecified atom stereocenters. The van der Waals surface area contributed by atoms with Gasteiger partial charge in [0, 0.05) is 31.5 Å². The Balaban J connectivity index is 1.60. The monoisotopic (exact) mass is 247 g/mol. The lowest BCUT2D eigenvalue weighted by molar-refractivity contribution is 0.193. The molecule has 100 valence electrons. The van der Waals surface area contributed by atoms with Crippen molar-refractivity contribution < 1.29 is 0 Å². The van der Waals surface area contributed by atoms with Crippen LogP contribution in [0.4, 0.5) is 0 Å². The van der Waals surface area contributed by atoms with Crippen LogP contribution in [0.25, 0.3) is 0 Å². The predicted molar refractivity (Wildman–Crippen MR) is 75.5 cm³/mol. The first kappa shape index (κ1) is 13.5. The zero-order valence-corrected chi connectivity index (χ0v) is 11.7. The number of hydrogen-bond donors (Lipinski definition) is 1. The molecule has 1 aromatic heterocycles. The number of hydrogen-bond acceptors (Lipinski definition) is 3. The van der Waals surface area contributed by atoms with Gasteiger partial charge in [0.25, 0.3) is 0 Å². The number of likely N-dealkylation sites (tertiary alicyclic amines) is 1. The van der Waals surface area contributed by atoms with Gasteiger partial charge >= 0.3 is 0 Å². The Morgan fingerprint density at radius 1 is 1.33 bits per heavy atom. The van der Waals surface area contributed by atoms with Gasteiger partial charge in [0.2, 0.25) is 0 Å². The van der Waals surface area contributed by atoms with Gasteiger partial charge in [-0.25, -0.2) is 0 Å². The topological polar surface area (TPSA) is 28.2 Å². The molecule has 1 saturated heterocycles. The minimum absolute atomic E-state index is 0.924. The third-order valence-corrected chi connectivity index (χ3v) is 3.78. The van der Waals surface area contributed by atoms with Crippen LogP contribution in [0.15, 0.2) is 18.3 Å². The lowest BCUT2D eigenvalue weighted by Crippen LogP contribution is -2.37. The van der Waals surface area contributed by atoms with Gasteiger partial charge in [0.15, 0.2) is 0 Å². The molecule has 1 N–H and O–H groups in total. The number of aromatic nitrogens is 1. The van der Waals surface area contributed by atoms with E-state index in [1.165, 1.54) is 38.0 Å². The van der Waals surface area contributed by atoms with E-state index in [2.05, 4.69) is 34.3 Å². The van der Waals surface area contributed by atoms with Gasteiger partial charge in [0.1, 0.15) is 0 Å². The Kier molecular flexibility index (Phi) is 5.14. The van der Waals surface area contributed by atoms with Gasteiger partial charge in [-0.1, -0.05) is 13.0 Å². The molecule has 1 aromatic rings. The highest BCUT2D eigenvalue weighted by molar-refractivity contribution is 5.12. The Labute approximate surface area is 111 Å². The SMILES string of the molecule is Cc1ccc(CNCCN2CCC(C)CC2)cn1. The molecule has 0 atom stereocenters. The summed E-state index contributed by atoms with van der Waals surface area (Å²) in [4.78, 5) is 6.88. The molecule has 0 amide bonds. The zero-order valence-electron chi connectivity index (χ0n) is 11.7. The fraction of sp³-hybridized carbons (Fsp3) is 0.667. The van der Waals surface area contributed by atoms with Crippen LogP contribution in [0.1, 0.15) is 31.0 Å². The molecule has 18 heavy (non-hydrogen) atoms. The third kappa shape index (κ3) is 4.39. The number of piperidine rings is 1. The van der Waals surface area contributed by atoms with Crippen molar-refractivity contribution in [3.63, 3.8) is 0 Å². The normalized spacial score (nSPS) is 18.1. The quantitative estimate of drug-likeness (QED) is 0.809. The smallest absolute Gasteiger partial charge is 0.0372 e. The van der Waals surface area contributed by atoms with Crippen molar-refractivity contribution in [2.24, 2.45) is 5.92 Å². The Morgan fingerprint density at radius 2 is 2.11 bits per heavy atom. The maximum absolute atomic E-state index is 4.31. The summed E-state index contributed by atoms with van der Waals surface area (Å²) in [6.45, 7) is 10.1. The van der Waals surface area contributed by atoms with Gasteiger partial charge in [-0.05, 0) is 50.4 Å². The van der Waals surface area contributed by atoms with Crippen LogP contribution < -0.4 is 5.32 Å². The van der Waals surface area contributed by atoms with Gasteiger partial charge in [-0.15, -0.1) is 0 Å². The number of nitrogens with one attached hydrogen (secondary N) is 1. The molecule has 0 saturated carbocycles. The van der Waals surface area contributed by atoms with Crippen molar-refractivity contribution in [1.82, 2.24) is 15.2 Å². The first-order valence-electron chi connectivity index (χ1n) is 7.08. The Morgan fingerprint density at radius 3 is 2.78 bits per heavy atom. The summed E-state index contributed by atoms with van der Waals surface area (Å²) in [7, 11) is 0. The number of pyridine rings is 1. The highest BCUT2D eigenvalue weighted by atomic mass is 15.1. The molecule has 2 heterocycles. The summed E-state index contributed by atoms with van der Waals surface area (Å²) >= 11 is 0. The maximum Gasteiger partial charge on any atom is 0.0372 e. The molecule has 0 aromatic carbocycles. The molecular formula is C15H25N3. The zero-order chi connectivity index (χ0) is 12.8. The number of rotatable bonds is 5. The third-order valence-electron chi connectivity index (χ3n) is 3.78. The van der Waals surface area contributed by atoms with E-state index in [-0.39, 0.29) is 0 Å². The van der Waals surface area contributed by atoms with E-state index >= 15 is 0 Å². The van der Waals surface area contributed by atoms with Crippen molar-refractivity contribution in [2.45, 2.75) is 33.2 Å². The highest BCUT2D eigenvalue weighted by Gasteiger charge is 2.14. The molecule has 0 aliphatic carbocycles. The van der Waals surface area contributed by atoms with Crippen molar-refractivity contribution in [3.8, 4) is 0 Å². The van der Waals surface area contributed by atoms with Crippen LogP contribution in [-0.4, -0.2) is 36.1 Å². The molecular weight excluding hydrogens is 222 g/mol. The molecule has 1 fully saturated rings. The summed E-state index contributed by atoms with van der Waals surface area (Å²) < 4.78 is 0. The average molecular weight is 247 g/mol. The highest BCUT2D eigenvalue weighted by Crippen LogP contribution is 2.15. The minimum atomic E-state index is 0.924. The van der Waals surface area contributed by atoms with Crippen LogP contribution in [0.2, 0.25) is 0 Å². The van der Waals surface area contributed by atoms with Crippen LogP contribution in [0, 0.1) is 12.8 Å². The number of aryl methyl sites for hydroxylation is 1. The van der Waals surface area contributed by atoms with Crippen molar-refractivity contribution >= 4 is 0 Å². The molecule has 3 nitrogen and oxygen atoms in total. The largest absolute Gasteiger partial charge is 0.311 e.